The molecule has 1 unspecified atom stereocenters. The molecule has 186 valence electrons. The van der Waals surface area contributed by atoms with E-state index in [4.69, 9.17) is 9.84 Å². The molecule has 1 atom stereocenters. The zero-order valence-electron chi connectivity index (χ0n) is 19.9. The van der Waals surface area contributed by atoms with Crippen LogP contribution in [-0.2, 0) is 14.3 Å². The van der Waals surface area contributed by atoms with Crippen molar-refractivity contribution in [3.8, 4) is 11.1 Å². The summed E-state index contributed by atoms with van der Waals surface area (Å²) in [6.45, 7) is 1.39. The zero-order valence-corrected chi connectivity index (χ0v) is 20.8. The number of alkyl carbamates (subject to hydrolysis) is 1. The van der Waals surface area contributed by atoms with Gasteiger partial charge >= 0.3 is 12.1 Å². The van der Waals surface area contributed by atoms with Gasteiger partial charge in [0.25, 0.3) is 0 Å². The van der Waals surface area contributed by atoms with E-state index in [-0.39, 0.29) is 31.3 Å². The first kappa shape index (κ1) is 25.1. The smallest absolute Gasteiger partial charge is 0.407 e. The van der Waals surface area contributed by atoms with Crippen molar-refractivity contribution in [2.75, 3.05) is 31.7 Å². The number of carbonyl (C=O) groups is 3. The number of carboxylic acids is 1. The summed E-state index contributed by atoms with van der Waals surface area (Å²) < 4.78 is 5.59. The van der Waals surface area contributed by atoms with Crippen LogP contribution in [0, 0.1) is 5.92 Å². The molecule has 0 spiro atoms. The zero-order chi connectivity index (χ0) is 24.8. The van der Waals surface area contributed by atoms with Crippen LogP contribution in [0.1, 0.15) is 42.7 Å². The Morgan fingerprint density at radius 2 is 1.66 bits per heavy atom. The maximum atomic E-state index is 13.2. The Bertz CT molecular complexity index is 1020. The fourth-order valence-electron chi connectivity index (χ4n) is 5.08. The number of hydrogen-bond acceptors (Lipinski definition) is 5. The molecule has 0 saturated carbocycles. The number of amides is 2. The number of ether oxygens (including phenoxy) is 1. The van der Waals surface area contributed by atoms with E-state index < -0.39 is 18.1 Å². The topological polar surface area (TPSA) is 95.9 Å². The van der Waals surface area contributed by atoms with Crippen molar-refractivity contribution >= 4 is 29.7 Å². The number of aliphatic carboxylic acids is 1. The molecule has 2 aromatic rings. The van der Waals surface area contributed by atoms with Gasteiger partial charge in [0.2, 0.25) is 5.91 Å². The first-order valence-electron chi connectivity index (χ1n) is 12.1. The molecular formula is C27H32N2O5S. The van der Waals surface area contributed by atoms with Crippen molar-refractivity contribution in [2.24, 2.45) is 5.92 Å². The number of carbonyl (C=O) groups excluding carboxylic acids is 2. The third-order valence-corrected chi connectivity index (χ3v) is 7.71. The SMILES string of the molecule is CSCC1CCN(C(=O)C(CCC(=O)O)NC(=O)OCC2c3ccccc3-c3ccccc32)CC1. The Morgan fingerprint density at radius 1 is 1.06 bits per heavy atom. The van der Waals surface area contributed by atoms with Crippen LogP contribution >= 0.6 is 11.8 Å². The number of likely N-dealkylation sites (tertiary alicyclic amines) is 1. The van der Waals surface area contributed by atoms with E-state index in [0.717, 1.165) is 40.8 Å². The second-order valence-corrected chi connectivity index (χ2v) is 10.1. The Hall–Kier alpha value is -3.00. The van der Waals surface area contributed by atoms with Gasteiger partial charge < -0.3 is 20.1 Å². The molecule has 2 N–H and O–H groups in total. The van der Waals surface area contributed by atoms with Crippen molar-refractivity contribution < 1.29 is 24.2 Å². The van der Waals surface area contributed by atoms with E-state index in [0.29, 0.717) is 19.0 Å². The van der Waals surface area contributed by atoms with E-state index in [9.17, 15) is 14.4 Å². The molecule has 1 aliphatic heterocycles. The lowest BCUT2D eigenvalue weighted by molar-refractivity contribution is -0.138. The number of hydrogen-bond donors (Lipinski definition) is 2. The molecule has 4 rings (SSSR count). The van der Waals surface area contributed by atoms with Gasteiger partial charge in [0.1, 0.15) is 12.6 Å². The van der Waals surface area contributed by atoms with Crippen molar-refractivity contribution in [1.29, 1.82) is 0 Å². The average Bonchev–Trinajstić information content (AvgIpc) is 3.19. The van der Waals surface area contributed by atoms with Gasteiger partial charge in [-0.2, -0.15) is 11.8 Å². The van der Waals surface area contributed by atoms with E-state index in [1.165, 1.54) is 0 Å². The van der Waals surface area contributed by atoms with E-state index >= 15 is 0 Å². The maximum Gasteiger partial charge on any atom is 0.407 e. The third-order valence-electron chi connectivity index (χ3n) is 6.91. The standard InChI is InChI=1S/C27H32N2O5S/c1-35-17-18-12-14-29(15-13-18)26(32)24(10-11-25(30)31)28-27(33)34-16-23-21-8-4-2-6-19(21)20-7-3-5-9-22(20)23/h2-9,18,23-24H,10-17H2,1H3,(H,28,33)(H,30,31). The van der Waals surface area contributed by atoms with Crippen LogP contribution in [0.15, 0.2) is 48.5 Å². The normalized spacial score (nSPS) is 16.3. The lowest BCUT2D eigenvalue weighted by Gasteiger charge is -2.34. The van der Waals surface area contributed by atoms with E-state index in [1.54, 1.807) is 4.90 Å². The molecule has 1 fully saturated rings. The van der Waals surface area contributed by atoms with Crippen LogP contribution < -0.4 is 5.32 Å². The van der Waals surface area contributed by atoms with Crippen molar-refractivity contribution in [3.05, 3.63) is 59.7 Å². The van der Waals surface area contributed by atoms with Crippen LogP contribution in [-0.4, -0.2) is 65.7 Å². The predicted molar refractivity (Wildman–Crippen MR) is 137 cm³/mol. The maximum absolute atomic E-state index is 13.2. The fraction of sp³-hybridized carbons (Fsp3) is 0.444. The van der Waals surface area contributed by atoms with Crippen molar-refractivity contribution in [2.45, 2.75) is 37.6 Å². The summed E-state index contributed by atoms with van der Waals surface area (Å²) >= 11 is 1.81. The van der Waals surface area contributed by atoms with Crippen LogP contribution in [0.5, 0.6) is 0 Å². The molecule has 2 amide bonds. The first-order chi connectivity index (χ1) is 17.0. The van der Waals surface area contributed by atoms with Gasteiger partial charge in [-0.3, -0.25) is 9.59 Å². The second-order valence-electron chi connectivity index (χ2n) is 9.18. The minimum atomic E-state index is -1.00. The number of nitrogens with zero attached hydrogens (tertiary/aromatic N) is 1. The quantitative estimate of drug-likeness (QED) is 0.536. The fourth-order valence-corrected chi connectivity index (χ4v) is 5.89. The average molecular weight is 497 g/mol. The van der Waals surface area contributed by atoms with Gasteiger partial charge in [-0.05, 0) is 59.4 Å². The minimum Gasteiger partial charge on any atom is -0.481 e. The summed E-state index contributed by atoms with van der Waals surface area (Å²) in [5.41, 5.74) is 4.48. The summed E-state index contributed by atoms with van der Waals surface area (Å²) in [4.78, 5) is 38.8. The minimum absolute atomic E-state index is 0.0309. The molecule has 2 aromatic carbocycles. The predicted octanol–water partition coefficient (Wildman–Crippen LogP) is 4.36. The molecule has 8 heteroatoms. The number of carboxylic acid groups (broad SMARTS) is 1. The number of benzene rings is 2. The summed E-state index contributed by atoms with van der Waals surface area (Å²) in [5.74, 6) is 0.333. The number of fused-ring (bicyclic) bond motifs is 3. The van der Waals surface area contributed by atoms with Gasteiger partial charge in [0, 0.05) is 25.4 Å². The Balaban J connectivity index is 1.39. The highest BCUT2D eigenvalue weighted by molar-refractivity contribution is 7.98. The molecule has 35 heavy (non-hydrogen) atoms. The van der Waals surface area contributed by atoms with E-state index in [2.05, 4.69) is 23.7 Å². The van der Waals surface area contributed by atoms with Gasteiger partial charge in [0.05, 0.1) is 0 Å². The molecule has 0 aromatic heterocycles. The van der Waals surface area contributed by atoms with Gasteiger partial charge in [-0.25, -0.2) is 4.79 Å². The summed E-state index contributed by atoms with van der Waals surface area (Å²) in [7, 11) is 0. The van der Waals surface area contributed by atoms with Crippen LogP contribution in [0.3, 0.4) is 0 Å². The second kappa shape index (κ2) is 11.6. The van der Waals surface area contributed by atoms with Crippen molar-refractivity contribution in [1.82, 2.24) is 10.2 Å². The highest BCUT2D eigenvalue weighted by atomic mass is 32.2. The summed E-state index contributed by atoms with van der Waals surface area (Å²) in [5, 5.41) is 11.8. The summed E-state index contributed by atoms with van der Waals surface area (Å²) in [6, 6.07) is 15.2. The third kappa shape index (κ3) is 5.99. The number of rotatable bonds is 9. The lowest BCUT2D eigenvalue weighted by atomic mass is 9.98. The van der Waals surface area contributed by atoms with Gasteiger partial charge in [-0.15, -0.1) is 0 Å². The number of thioether (sulfide) groups is 1. The van der Waals surface area contributed by atoms with Gasteiger partial charge in [0.15, 0.2) is 0 Å². The molecule has 0 radical (unpaired) electrons. The highest BCUT2D eigenvalue weighted by Crippen LogP contribution is 2.44. The molecular weight excluding hydrogens is 464 g/mol. The Labute approximate surface area is 210 Å². The van der Waals surface area contributed by atoms with Crippen LogP contribution in [0.4, 0.5) is 4.79 Å². The van der Waals surface area contributed by atoms with Crippen molar-refractivity contribution in [3.63, 3.8) is 0 Å². The number of nitrogens with one attached hydrogen (secondary N) is 1. The monoisotopic (exact) mass is 496 g/mol. The van der Waals surface area contributed by atoms with E-state index in [1.807, 2.05) is 48.2 Å². The Morgan fingerprint density at radius 3 is 2.23 bits per heavy atom. The molecule has 2 aliphatic rings. The molecule has 1 heterocycles. The molecule has 1 aliphatic carbocycles. The number of piperidine rings is 1. The largest absolute Gasteiger partial charge is 0.481 e. The van der Waals surface area contributed by atoms with Gasteiger partial charge in [-0.1, -0.05) is 48.5 Å². The van der Waals surface area contributed by atoms with Crippen LogP contribution in [0.2, 0.25) is 0 Å². The first-order valence-corrected chi connectivity index (χ1v) is 13.5. The molecule has 7 nitrogen and oxygen atoms in total. The summed E-state index contributed by atoms with van der Waals surface area (Å²) in [6.07, 6.45) is 3.05. The molecule has 1 saturated heterocycles. The Kier molecular flexibility index (Phi) is 8.33. The van der Waals surface area contributed by atoms with Crippen LogP contribution in [0.25, 0.3) is 11.1 Å². The molecule has 0 bridgehead atoms. The lowest BCUT2D eigenvalue weighted by Crippen LogP contribution is -2.51. The highest BCUT2D eigenvalue weighted by Gasteiger charge is 2.32.